The first-order valence-electron chi connectivity index (χ1n) is 14.0. The van der Waals surface area contributed by atoms with Crippen LogP contribution in [-0.4, -0.2) is 54.3 Å². The number of hydrogen-bond acceptors (Lipinski definition) is 7. The van der Waals surface area contributed by atoms with Gasteiger partial charge in [0.05, 0.1) is 5.56 Å². The number of benzene rings is 2. The highest BCUT2D eigenvalue weighted by molar-refractivity contribution is 6.04. The van der Waals surface area contributed by atoms with Gasteiger partial charge >= 0.3 is 6.09 Å². The van der Waals surface area contributed by atoms with Crippen molar-refractivity contribution in [1.82, 2.24) is 24.1 Å². The van der Waals surface area contributed by atoms with Crippen molar-refractivity contribution in [3.8, 4) is 22.9 Å². The summed E-state index contributed by atoms with van der Waals surface area (Å²) in [4.78, 5) is 43.7. The van der Waals surface area contributed by atoms with Crippen LogP contribution in [0.4, 0.5) is 16.3 Å². The van der Waals surface area contributed by atoms with Gasteiger partial charge in [0.1, 0.15) is 23.5 Å². The monoisotopic (exact) mass is 588 g/mol. The Bertz CT molecular complexity index is 2000. The molecule has 12 heteroatoms. The minimum Gasteiger partial charge on any atom is -0.465 e. The number of carbonyl (C=O) groups excluding carboxylic acids is 1. The molecule has 2 aromatic carbocycles. The van der Waals surface area contributed by atoms with Crippen LogP contribution in [0.15, 0.2) is 77.9 Å². The molecule has 220 valence electrons. The molecule has 12 nitrogen and oxygen atoms in total. The van der Waals surface area contributed by atoms with E-state index in [-0.39, 0.29) is 17.0 Å². The van der Waals surface area contributed by atoms with Crippen molar-refractivity contribution in [3.05, 3.63) is 106 Å². The standard InChI is InChI=1S/C32H28N8O4/c1-19-22(17-33)15-26(31(42)39(19)24-5-3-2-4-6-24)30(41)37-23-9-7-20(8-10-23)25-16-27(40-28(25)29(34)35-18-36-40)21-11-13-38(14-12-21)32(43)44/h2-10,15-16,18,21H,11-14H2,1H3,(H,37,41)(H,43,44)(H2,34,35,36). The predicted octanol–water partition coefficient (Wildman–Crippen LogP) is 4.42. The number of nitrogens with two attached hydrogens (primary N) is 1. The molecule has 44 heavy (non-hydrogen) atoms. The second kappa shape index (κ2) is 11.4. The lowest BCUT2D eigenvalue weighted by Crippen LogP contribution is -2.37. The molecule has 6 rings (SSSR count). The van der Waals surface area contributed by atoms with Gasteiger partial charge in [-0.2, -0.15) is 10.4 Å². The van der Waals surface area contributed by atoms with Gasteiger partial charge in [-0.25, -0.2) is 14.3 Å². The average molecular weight is 589 g/mol. The number of amides is 2. The zero-order valence-electron chi connectivity index (χ0n) is 23.8. The maximum absolute atomic E-state index is 13.4. The SMILES string of the molecule is Cc1c(C#N)cc(C(=O)Nc2ccc(-c3cc(C4CCN(C(=O)O)CC4)n4ncnc(N)c34)cc2)c(=O)n1-c1ccccc1. The van der Waals surface area contributed by atoms with Crippen molar-refractivity contribution in [2.45, 2.75) is 25.7 Å². The van der Waals surface area contributed by atoms with Gasteiger partial charge in [0.25, 0.3) is 11.5 Å². The number of para-hydroxylation sites is 1. The molecule has 0 unspecified atom stereocenters. The first-order valence-corrected chi connectivity index (χ1v) is 14.0. The molecule has 4 heterocycles. The summed E-state index contributed by atoms with van der Waals surface area (Å²) in [6, 6.07) is 21.4. The molecule has 0 radical (unpaired) electrons. The van der Waals surface area contributed by atoms with Gasteiger partial charge in [0, 0.05) is 47.3 Å². The fourth-order valence-corrected chi connectivity index (χ4v) is 5.77. The molecule has 1 aliphatic heterocycles. The van der Waals surface area contributed by atoms with Crippen molar-refractivity contribution in [2.24, 2.45) is 0 Å². The van der Waals surface area contributed by atoms with Gasteiger partial charge in [-0.05, 0) is 61.7 Å². The smallest absolute Gasteiger partial charge is 0.407 e. The Hall–Kier alpha value is -5.96. The van der Waals surface area contributed by atoms with Crippen LogP contribution in [0, 0.1) is 18.3 Å². The van der Waals surface area contributed by atoms with E-state index in [1.165, 1.54) is 21.9 Å². The molecule has 5 aromatic rings. The molecule has 1 saturated heterocycles. The number of nitrogens with zero attached hydrogens (tertiary/aromatic N) is 6. The van der Waals surface area contributed by atoms with E-state index in [1.54, 1.807) is 47.8 Å². The Labute approximate surface area is 251 Å². The fourth-order valence-electron chi connectivity index (χ4n) is 5.77. The summed E-state index contributed by atoms with van der Waals surface area (Å²) in [5, 5.41) is 26.2. The second-order valence-corrected chi connectivity index (χ2v) is 10.6. The highest BCUT2D eigenvalue weighted by Gasteiger charge is 2.27. The molecular formula is C32H28N8O4. The largest absolute Gasteiger partial charge is 0.465 e. The molecule has 0 atom stereocenters. The average Bonchev–Trinajstić information content (AvgIpc) is 3.43. The molecule has 0 saturated carbocycles. The first kappa shape index (κ1) is 28.2. The van der Waals surface area contributed by atoms with Crippen molar-refractivity contribution >= 4 is 29.0 Å². The molecule has 1 aliphatic rings. The highest BCUT2D eigenvalue weighted by atomic mass is 16.4. The molecule has 1 fully saturated rings. The van der Waals surface area contributed by atoms with Crippen molar-refractivity contribution in [2.75, 3.05) is 24.1 Å². The van der Waals surface area contributed by atoms with Crippen LogP contribution in [0.1, 0.15) is 46.1 Å². The lowest BCUT2D eigenvalue weighted by Gasteiger charge is -2.29. The number of aromatic nitrogens is 4. The number of likely N-dealkylation sites (tertiary alicyclic amines) is 1. The molecule has 0 spiro atoms. The maximum Gasteiger partial charge on any atom is 0.407 e. The summed E-state index contributed by atoms with van der Waals surface area (Å²) >= 11 is 0. The summed E-state index contributed by atoms with van der Waals surface area (Å²) in [6.07, 6.45) is 1.80. The van der Waals surface area contributed by atoms with Gasteiger partial charge in [-0.3, -0.25) is 14.2 Å². The number of piperidine rings is 1. The van der Waals surface area contributed by atoms with E-state index < -0.39 is 17.6 Å². The lowest BCUT2D eigenvalue weighted by molar-refractivity contribution is 0.102. The van der Waals surface area contributed by atoms with Crippen LogP contribution < -0.4 is 16.6 Å². The minimum atomic E-state index is -0.919. The number of carboxylic acid groups (broad SMARTS) is 1. The van der Waals surface area contributed by atoms with Crippen LogP contribution >= 0.6 is 0 Å². The number of hydrogen-bond donors (Lipinski definition) is 3. The summed E-state index contributed by atoms with van der Waals surface area (Å²) in [5.41, 5.74) is 10.5. The van der Waals surface area contributed by atoms with Crippen LogP contribution in [0.2, 0.25) is 0 Å². The number of carbonyl (C=O) groups is 2. The number of nitrogens with one attached hydrogen (secondary N) is 1. The Balaban J connectivity index is 1.30. The van der Waals surface area contributed by atoms with E-state index >= 15 is 0 Å². The molecular weight excluding hydrogens is 560 g/mol. The molecule has 3 aromatic heterocycles. The number of pyridine rings is 1. The number of fused-ring (bicyclic) bond motifs is 1. The maximum atomic E-state index is 13.4. The Morgan fingerprint density at radius 3 is 2.43 bits per heavy atom. The van der Waals surface area contributed by atoms with Crippen molar-refractivity contribution < 1.29 is 14.7 Å². The summed E-state index contributed by atoms with van der Waals surface area (Å²) < 4.78 is 3.14. The quantitative estimate of drug-likeness (QED) is 0.271. The fraction of sp³-hybridized carbons (Fsp3) is 0.188. The molecule has 0 aliphatic carbocycles. The second-order valence-electron chi connectivity index (χ2n) is 10.6. The lowest BCUT2D eigenvalue weighted by atomic mass is 9.93. The number of nitrogen functional groups attached to an aromatic ring is 1. The van der Waals surface area contributed by atoms with E-state index in [4.69, 9.17) is 5.73 Å². The number of rotatable bonds is 5. The summed E-state index contributed by atoms with van der Waals surface area (Å²) in [6.45, 7) is 2.54. The van der Waals surface area contributed by atoms with E-state index in [2.05, 4.69) is 21.5 Å². The summed E-state index contributed by atoms with van der Waals surface area (Å²) in [5.74, 6) is -0.234. The van der Waals surface area contributed by atoms with Gasteiger partial charge in [-0.15, -0.1) is 0 Å². The van der Waals surface area contributed by atoms with Gasteiger partial charge in [-0.1, -0.05) is 30.3 Å². The Morgan fingerprint density at radius 1 is 1.07 bits per heavy atom. The van der Waals surface area contributed by atoms with Crippen molar-refractivity contribution in [1.29, 1.82) is 5.26 Å². The van der Waals surface area contributed by atoms with E-state index in [1.807, 2.05) is 24.3 Å². The van der Waals surface area contributed by atoms with Crippen LogP contribution in [0.3, 0.4) is 0 Å². The Morgan fingerprint density at radius 2 is 1.77 bits per heavy atom. The van der Waals surface area contributed by atoms with Crippen LogP contribution in [0.5, 0.6) is 0 Å². The van der Waals surface area contributed by atoms with E-state index in [9.17, 15) is 24.8 Å². The molecule has 2 amide bonds. The number of nitriles is 1. The molecule has 0 bridgehead atoms. The highest BCUT2D eigenvalue weighted by Crippen LogP contribution is 2.37. The van der Waals surface area contributed by atoms with Crippen molar-refractivity contribution in [3.63, 3.8) is 0 Å². The zero-order valence-corrected chi connectivity index (χ0v) is 23.8. The molecule has 4 N–H and O–H groups in total. The predicted molar refractivity (Wildman–Crippen MR) is 164 cm³/mol. The third kappa shape index (κ3) is 5.00. The first-order chi connectivity index (χ1) is 21.3. The third-order valence-corrected chi connectivity index (χ3v) is 8.07. The Kier molecular flexibility index (Phi) is 7.28. The normalized spacial score (nSPS) is 13.5. The van der Waals surface area contributed by atoms with Crippen LogP contribution in [-0.2, 0) is 0 Å². The zero-order chi connectivity index (χ0) is 31.0. The van der Waals surface area contributed by atoms with E-state index in [0.29, 0.717) is 54.3 Å². The third-order valence-electron chi connectivity index (χ3n) is 8.07. The minimum absolute atomic E-state index is 0.0902. The number of anilines is 2. The summed E-state index contributed by atoms with van der Waals surface area (Å²) in [7, 11) is 0. The van der Waals surface area contributed by atoms with E-state index in [0.717, 1.165) is 16.8 Å². The van der Waals surface area contributed by atoms with Gasteiger partial charge in [0.2, 0.25) is 0 Å². The van der Waals surface area contributed by atoms with Gasteiger partial charge < -0.3 is 21.1 Å². The van der Waals surface area contributed by atoms with Gasteiger partial charge in [0.15, 0.2) is 5.82 Å². The van der Waals surface area contributed by atoms with Crippen LogP contribution in [0.25, 0.3) is 22.3 Å². The topological polar surface area (TPSA) is 172 Å².